The van der Waals surface area contributed by atoms with Crippen molar-refractivity contribution >= 4 is 40.9 Å². The molecule has 0 heterocycles. The first-order valence-corrected chi connectivity index (χ1v) is 17.4. The van der Waals surface area contributed by atoms with Crippen LogP contribution in [-0.2, 0) is 22.4 Å². The summed E-state index contributed by atoms with van der Waals surface area (Å²) in [5.74, 6) is 0.601. The average Bonchev–Trinajstić information content (AvgIpc) is 3.91. The minimum absolute atomic E-state index is 0.0537. The van der Waals surface area contributed by atoms with E-state index < -0.39 is 18.1 Å². The van der Waals surface area contributed by atoms with Gasteiger partial charge in [-0.3, -0.25) is 9.69 Å². The molecule has 1 aliphatic rings. The van der Waals surface area contributed by atoms with Crippen LogP contribution in [-0.4, -0.2) is 85.8 Å². The number of nitrogens with zero attached hydrogens (tertiary/aromatic N) is 2. The lowest BCUT2D eigenvalue weighted by atomic mass is 9.97. The van der Waals surface area contributed by atoms with Gasteiger partial charge in [0.1, 0.15) is 19.0 Å². The van der Waals surface area contributed by atoms with E-state index in [1.165, 1.54) is 0 Å². The van der Waals surface area contributed by atoms with Crippen molar-refractivity contribution in [3.8, 4) is 11.5 Å². The zero-order chi connectivity index (χ0) is 35.3. The number of benzene rings is 3. The molecule has 49 heavy (non-hydrogen) atoms. The summed E-state index contributed by atoms with van der Waals surface area (Å²) >= 11 is 12.5. The number of halogens is 2. The van der Waals surface area contributed by atoms with Crippen molar-refractivity contribution in [1.82, 2.24) is 4.90 Å². The van der Waals surface area contributed by atoms with Gasteiger partial charge in [-0.2, -0.15) is 0 Å². The van der Waals surface area contributed by atoms with E-state index >= 15 is 0 Å². The van der Waals surface area contributed by atoms with E-state index in [9.17, 15) is 19.8 Å². The molecular formula is C37H47Cl2N3O7. The Bertz CT molecular complexity index is 1500. The smallest absolute Gasteiger partial charge is 0.411 e. The largest absolute Gasteiger partial charge is 0.490 e. The molecule has 2 atom stereocenters. The van der Waals surface area contributed by atoms with E-state index in [1.807, 2.05) is 54.3 Å². The fourth-order valence-electron chi connectivity index (χ4n) is 5.68. The molecule has 0 saturated heterocycles. The summed E-state index contributed by atoms with van der Waals surface area (Å²) in [5.41, 5.74) is 9.50. The van der Waals surface area contributed by atoms with Crippen LogP contribution in [0.25, 0.3) is 0 Å². The normalized spacial score (nSPS) is 13.8. The monoisotopic (exact) mass is 715 g/mol. The molecule has 0 aliphatic heterocycles. The van der Waals surface area contributed by atoms with Crippen LogP contribution in [0.15, 0.2) is 60.7 Å². The molecule has 0 bridgehead atoms. The molecule has 4 rings (SSSR count). The molecule has 10 nitrogen and oxygen atoms in total. The number of aliphatic hydroxyl groups excluding tert-OH is 1. The van der Waals surface area contributed by atoms with Crippen molar-refractivity contribution in [2.45, 2.75) is 57.6 Å². The van der Waals surface area contributed by atoms with E-state index in [0.29, 0.717) is 46.8 Å². The highest BCUT2D eigenvalue weighted by atomic mass is 35.5. The fraction of sp³-hybridized carbons (Fsp3) is 0.459. The quantitative estimate of drug-likeness (QED) is 0.115. The van der Waals surface area contributed by atoms with Crippen LogP contribution in [0.3, 0.4) is 0 Å². The highest BCUT2D eigenvalue weighted by Crippen LogP contribution is 2.34. The van der Waals surface area contributed by atoms with E-state index in [1.54, 1.807) is 25.3 Å². The van der Waals surface area contributed by atoms with E-state index in [2.05, 4.69) is 0 Å². The standard InChI is InChI=1S/C37H47Cl2N3O7/c1-25-19-33(38)35(34(39)20-25)49-18-17-48-32-12-8-27(9-13-32)21-28(23-40)36(44)41(29-10-11-29)15-14-31(43)24-42(37(45)46)30-7-3-5-26(22-30)6-4-16-47-2/h3,5,7-9,12-13,19-20,22,28-29,31,43H,4,6,10-11,14-18,21,23-24,40H2,1-2H3,(H,45,46). The maximum absolute atomic E-state index is 13.7. The number of hydrogen-bond donors (Lipinski definition) is 3. The lowest BCUT2D eigenvalue weighted by Crippen LogP contribution is -2.44. The Labute approximate surface area is 298 Å². The van der Waals surface area contributed by atoms with Crippen molar-refractivity contribution in [2.75, 3.05) is 51.5 Å². The lowest BCUT2D eigenvalue weighted by Gasteiger charge is -2.29. The predicted molar refractivity (Wildman–Crippen MR) is 192 cm³/mol. The molecule has 266 valence electrons. The number of carbonyl (C=O) groups is 2. The first-order chi connectivity index (χ1) is 23.6. The summed E-state index contributed by atoms with van der Waals surface area (Å²) in [6.07, 6.45) is 1.98. The van der Waals surface area contributed by atoms with Crippen LogP contribution in [0.1, 0.15) is 42.4 Å². The number of amides is 2. The molecule has 0 aromatic heterocycles. The second kappa shape index (κ2) is 19.0. The van der Waals surface area contributed by atoms with E-state index in [-0.39, 0.29) is 44.7 Å². The third-order valence-electron chi connectivity index (χ3n) is 8.41. The van der Waals surface area contributed by atoms with Gasteiger partial charge in [0, 0.05) is 38.5 Å². The number of methoxy groups -OCH3 is 1. The van der Waals surface area contributed by atoms with Crippen molar-refractivity contribution in [1.29, 1.82) is 0 Å². The van der Waals surface area contributed by atoms with Gasteiger partial charge in [0.25, 0.3) is 0 Å². The Kier molecular flexibility index (Phi) is 14.8. The molecule has 4 N–H and O–H groups in total. The van der Waals surface area contributed by atoms with Gasteiger partial charge in [0.15, 0.2) is 5.75 Å². The van der Waals surface area contributed by atoms with Crippen molar-refractivity contribution < 1.29 is 34.0 Å². The van der Waals surface area contributed by atoms with Gasteiger partial charge in [-0.05, 0) is 98.5 Å². The minimum atomic E-state index is -1.15. The zero-order valence-corrected chi connectivity index (χ0v) is 29.7. The number of hydrogen-bond acceptors (Lipinski definition) is 7. The van der Waals surface area contributed by atoms with Crippen LogP contribution in [0.5, 0.6) is 11.5 Å². The Morgan fingerprint density at radius 2 is 1.67 bits per heavy atom. The Balaban J connectivity index is 1.27. The number of aryl methyl sites for hydroxylation is 2. The van der Waals surface area contributed by atoms with Crippen LogP contribution >= 0.6 is 23.2 Å². The maximum Gasteiger partial charge on any atom is 0.411 e. The Hall–Kier alpha value is -3.54. The number of aliphatic hydroxyl groups is 1. The van der Waals surface area contributed by atoms with Gasteiger partial charge < -0.3 is 35.1 Å². The Morgan fingerprint density at radius 1 is 0.980 bits per heavy atom. The van der Waals surface area contributed by atoms with Gasteiger partial charge in [-0.15, -0.1) is 0 Å². The number of rotatable bonds is 20. The number of anilines is 1. The molecular weight excluding hydrogens is 669 g/mol. The molecule has 0 spiro atoms. The number of ether oxygens (including phenoxy) is 3. The highest BCUT2D eigenvalue weighted by molar-refractivity contribution is 6.37. The first-order valence-electron chi connectivity index (χ1n) is 16.7. The topological polar surface area (TPSA) is 135 Å². The van der Waals surface area contributed by atoms with Crippen LogP contribution < -0.4 is 20.1 Å². The number of carboxylic acid groups (broad SMARTS) is 1. The summed E-state index contributed by atoms with van der Waals surface area (Å²) in [6.45, 7) is 3.47. The summed E-state index contributed by atoms with van der Waals surface area (Å²) < 4.78 is 16.7. The van der Waals surface area contributed by atoms with Crippen molar-refractivity contribution in [3.63, 3.8) is 0 Å². The lowest BCUT2D eigenvalue weighted by molar-refractivity contribution is -0.136. The molecule has 2 amide bonds. The maximum atomic E-state index is 13.7. The van der Waals surface area contributed by atoms with Crippen molar-refractivity contribution in [2.24, 2.45) is 11.7 Å². The third kappa shape index (κ3) is 11.8. The highest BCUT2D eigenvalue weighted by Gasteiger charge is 2.35. The number of carbonyl (C=O) groups excluding carboxylic acids is 1. The predicted octanol–water partition coefficient (Wildman–Crippen LogP) is 6.38. The molecule has 12 heteroatoms. The second-order valence-corrected chi connectivity index (χ2v) is 13.2. The molecule has 1 aliphatic carbocycles. The van der Waals surface area contributed by atoms with E-state index in [4.69, 9.17) is 43.1 Å². The summed E-state index contributed by atoms with van der Waals surface area (Å²) in [7, 11) is 1.65. The van der Waals surface area contributed by atoms with E-state index in [0.717, 1.165) is 47.3 Å². The van der Waals surface area contributed by atoms with Crippen LogP contribution in [0.2, 0.25) is 10.0 Å². The second-order valence-electron chi connectivity index (χ2n) is 12.4. The molecule has 1 saturated carbocycles. The fourth-order valence-corrected chi connectivity index (χ4v) is 6.39. The first kappa shape index (κ1) is 38.3. The molecule has 0 radical (unpaired) electrons. The van der Waals surface area contributed by atoms with Crippen LogP contribution in [0, 0.1) is 12.8 Å². The molecule has 2 unspecified atom stereocenters. The van der Waals surface area contributed by atoms with Gasteiger partial charge in [-0.1, -0.05) is 47.5 Å². The van der Waals surface area contributed by atoms with Gasteiger partial charge in [0.05, 0.1) is 28.6 Å². The molecule has 3 aromatic carbocycles. The summed E-state index contributed by atoms with van der Waals surface area (Å²) in [6, 6.07) is 18.5. The third-order valence-corrected chi connectivity index (χ3v) is 8.98. The average molecular weight is 717 g/mol. The summed E-state index contributed by atoms with van der Waals surface area (Å²) in [5, 5.41) is 21.7. The zero-order valence-electron chi connectivity index (χ0n) is 28.2. The molecule has 3 aromatic rings. The Morgan fingerprint density at radius 3 is 2.31 bits per heavy atom. The minimum Gasteiger partial charge on any atom is -0.490 e. The number of nitrogens with two attached hydrogens (primary N) is 1. The van der Waals surface area contributed by atoms with Gasteiger partial charge in [0.2, 0.25) is 5.91 Å². The molecule has 1 fully saturated rings. The summed E-state index contributed by atoms with van der Waals surface area (Å²) in [4.78, 5) is 28.8. The van der Waals surface area contributed by atoms with Gasteiger partial charge >= 0.3 is 6.09 Å². The van der Waals surface area contributed by atoms with Gasteiger partial charge in [-0.25, -0.2) is 4.79 Å². The SMILES string of the molecule is COCCCc1cccc(N(CC(O)CCN(C(=O)C(CN)Cc2ccc(OCCOc3c(Cl)cc(C)cc3Cl)cc2)C2CC2)C(=O)O)c1. The van der Waals surface area contributed by atoms with Crippen molar-refractivity contribution in [3.05, 3.63) is 87.4 Å². The van der Waals surface area contributed by atoms with Crippen LogP contribution in [0.4, 0.5) is 10.5 Å².